The standard InChI is InChI=1S/C19H24BNO2/c1-22-18-11-15-8-10-20(13-16(15)12-19(18)23-2)9-7-14-3-5-17(21)6-4-14/h3-6,11-12H,7-10,13,21H2,1-2H3. The maximum Gasteiger partial charge on any atom is 0.161 e. The van der Waals surface area contributed by atoms with Crippen molar-refractivity contribution in [3.05, 3.63) is 53.1 Å². The number of nitrogen functional groups attached to an aromatic ring is 1. The van der Waals surface area contributed by atoms with Crippen LogP contribution in [0.1, 0.15) is 16.7 Å². The molecule has 0 bridgehead atoms. The molecule has 1 aliphatic rings. The Morgan fingerprint density at radius 2 is 1.65 bits per heavy atom. The van der Waals surface area contributed by atoms with Gasteiger partial charge in [-0.25, -0.2) is 0 Å². The number of hydrogen-bond donors (Lipinski definition) is 1. The minimum Gasteiger partial charge on any atom is -0.493 e. The Morgan fingerprint density at radius 3 is 2.30 bits per heavy atom. The van der Waals surface area contributed by atoms with E-state index in [1.807, 2.05) is 12.1 Å². The molecule has 0 fully saturated rings. The fourth-order valence-corrected chi connectivity index (χ4v) is 3.46. The highest BCUT2D eigenvalue weighted by atomic mass is 16.5. The molecule has 4 heteroatoms. The van der Waals surface area contributed by atoms with E-state index in [4.69, 9.17) is 15.2 Å². The van der Waals surface area contributed by atoms with Crippen LogP contribution in [0, 0.1) is 0 Å². The van der Waals surface area contributed by atoms with E-state index < -0.39 is 0 Å². The van der Waals surface area contributed by atoms with Gasteiger partial charge in [0.15, 0.2) is 11.5 Å². The van der Waals surface area contributed by atoms with E-state index in [9.17, 15) is 0 Å². The average Bonchev–Trinajstić information content (AvgIpc) is 2.59. The first-order valence-electron chi connectivity index (χ1n) is 8.27. The monoisotopic (exact) mass is 309 g/mol. The highest BCUT2D eigenvalue weighted by molar-refractivity contribution is 6.58. The third-order valence-corrected chi connectivity index (χ3v) is 4.86. The highest BCUT2D eigenvalue weighted by Gasteiger charge is 2.23. The van der Waals surface area contributed by atoms with Crippen LogP contribution in [0.2, 0.25) is 12.6 Å². The van der Waals surface area contributed by atoms with Gasteiger partial charge in [-0.3, -0.25) is 0 Å². The zero-order chi connectivity index (χ0) is 16.2. The van der Waals surface area contributed by atoms with Gasteiger partial charge in [0.2, 0.25) is 0 Å². The number of hydrogen-bond acceptors (Lipinski definition) is 3. The fourth-order valence-electron chi connectivity index (χ4n) is 3.46. The van der Waals surface area contributed by atoms with Gasteiger partial charge in [0.25, 0.3) is 0 Å². The molecular formula is C19H24BNO2. The van der Waals surface area contributed by atoms with Gasteiger partial charge in [0, 0.05) is 5.69 Å². The highest BCUT2D eigenvalue weighted by Crippen LogP contribution is 2.34. The Labute approximate surface area is 138 Å². The van der Waals surface area contributed by atoms with E-state index in [0.29, 0.717) is 0 Å². The molecule has 0 spiro atoms. The zero-order valence-electron chi connectivity index (χ0n) is 14.0. The summed E-state index contributed by atoms with van der Waals surface area (Å²) in [4.78, 5) is 0. The second-order valence-corrected chi connectivity index (χ2v) is 6.36. The van der Waals surface area contributed by atoms with Crippen molar-refractivity contribution in [1.29, 1.82) is 0 Å². The normalized spacial score (nSPS) is 13.6. The van der Waals surface area contributed by atoms with Crippen LogP contribution in [0.4, 0.5) is 5.69 Å². The van der Waals surface area contributed by atoms with Gasteiger partial charge < -0.3 is 15.2 Å². The number of benzene rings is 2. The van der Waals surface area contributed by atoms with Crippen molar-refractivity contribution >= 4 is 12.4 Å². The van der Waals surface area contributed by atoms with Crippen molar-refractivity contribution in [2.24, 2.45) is 0 Å². The summed E-state index contributed by atoms with van der Waals surface area (Å²) in [6, 6.07) is 12.6. The molecule has 0 amide bonds. The summed E-state index contributed by atoms with van der Waals surface area (Å²) in [6.07, 6.45) is 5.84. The lowest BCUT2D eigenvalue weighted by atomic mass is 9.38. The molecule has 2 aromatic carbocycles. The Bertz CT molecular complexity index is 670. The first-order valence-corrected chi connectivity index (χ1v) is 8.27. The number of anilines is 1. The average molecular weight is 309 g/mol. The molecule has 0 unspecified atom stereocenters. The minimum absolute atomic E-state index is 0.734. The number of nitrogens with two attached hydrogens (primary N) is 1. The minimum atomic E-state index is 0.734. The van der Waals surface area contributed by atoms with Crippen molar-refractivity contribution < 1.29 is 9.47 Å². The molecule has 120 valence electrons. The lowest BCUT2D eigenvalue weighted by Crippen LogP contribution is -2.24. The second-order valence-electron chi connectivity index (χ2n) is 6.36. The van der Waals surface area contributed by atoms with E-state index in [0.717, 1.165) is 43.1 Å². The van der Waals surface area contributed by atoms with Crippen LogP contribution >= 0.6 is 0 Å². The molecule has 0 radical (unpaired) electrons. The summed E-state index contributed by atoms with van der Waals surface area (Å²) in [5.41, 5.74) is 10.8. The van der Waals surface area contributed by atoms with E-state index in [1.54, 1.807) is 14.2 Å². The predicted octanol–water partition coefficient (Wildman–Crippen LogP) is 3.66. The first-order chi connectivity index (χ1) is 11.2. The lowest BCUT2D eigenvalue weighted by molar-refractivity contribution is 0.354. The molecule has 0 saturated heterocycles. The van der Waals surface area contributed by atoms with Crippen molar-refractivity contribution in [2.45, 2.75) is 31.8 Å². The molecule has 0 aliphatic carbocycles. The molecular weight excluding hydrogens is 285 g/mol. The largest absolute Gasteiger partial charge is 0.493 e. The van der Waals surface area contributed by atoms with Crippen LogP contribution in [0.15, 0.2) is 36.4 Å². The molecule has 2 aromatic rings. The molecule has 0 atom stereocenters. The van der Waals surface area contributed by atoms with E-state index >= 15 is 0 Å². The van der Waals surface area contributed by atoms with Crippen molar-refractivity contribution in [1.82, 2.24) is 0 Å². The van der Waals surface area contributed by atoms with Crippen LogP contribution in [-0.2, 0) is 19.2 Å². The summed E-state index contributed by atoms with van der Waals surface area (Å²) in [7, 11) is 3.40. The topological polar surface area (TPSA) is 44.5 Å². The van der Waals surface area contributed by atoms with Gasteiger partial charge in [0.05, 0.1) is 14.2 Å². The van der Waals surface area contributed by atoms with E-state index in [-0.39, 0.29) is 0 Å². The molecule has 0 saturated carbocycles. The first kappa shape index (κ1) is 15.8. The summed E-state index contributed by atoms with van der Waals surface area (Å²) in [5.74, 6) is 1.68. The Morgan fingerprint density at radius 1 is 1.00 bits per heavy atom. The molecule has 2 N–H and O–H groups in total. The molecule has 3 rings (SSSR count). The number of ether oxygens (including phenoxy) is 2. The smallest absolute Gasteiger partial charge is 0.161 e. The molecule has 1 aliphatic heterocycles. The number of rotatable bonds is 5. The van der Waals surface area contributed by atoms with E-state index in [1.165, 1.54) is 29.3 Å². The molecule has 3 nitrogen and oxygen atoms in total. The molecule has 23 heavy (non-hydrogen) atoms. The van der Waals surface area contributed by atoms with Gasteiger partial charge in [-0.1, -0.05) is 24.8 Å². The quantitative estimate of drug-likeness (QED) is 0.677. The summed E-state index contributed by atoms with van der Waals surface area (Å²) < 4.78 is 10.9. The SMILES string of the molecule is COc1cc2c(cc1OC)CB(CCc1ccc(N)cc1)CC2. The third-order valence-electron chi connectivity index (χ3n) is 4.86. The molecule has 0 aromatic heterocycles. The van der Waals surface area contributed by atoms with Crippen molar-refractivity contribution in [3.8, 4) is 11.5 Å². The van der Waals surface area contributed by atoms with Gasteiger partial charge >= 0.3 is 0 Å². The maximum absolute atomic E-state index is 5.75. The van der Waals surface area contributed by atoms with Crippen LogP contribution in [0.3, 0.4) is 0 Å². The van der Waals surface area contributed by atoms with Crippen molar-refractivity contribution in [3.63, 3.8) is 0 Å². The van der Waals surface area contributed by atoms with Gasteiger partial charge in [-0.2, -0.15) is 0 Å². The third kappa shape index (κ3) is 3.63. The zero-order valence-corrected chi connectivity index (χ0v) is 14.0. The van der Waals surface area contributed by atoms with Crippen molar-refractivity contribution in [2.75, 3.05) is 20.0 Å². The Balaban J connectivity index is 1.66. The molecule has 1 heterocycles. The maximum atomic E-state index is 5.75. The van der Waals surface area contributed by atoms with Crippen LogP contribution < -0.4 is 15.2 Å². The second kappa shape index (κ2) is 6.99. The Kier molecular flexibility index (Phi) is 4.80. The summed E-state index contributed by atoms with van der Waals surface area (Å²) in [6.45, 7) is 0.734. The van der Waals surface area contributed by atoms with Crippen LogP contribution in [0.5, 0.6) is 11.5 Å². The van der Waals surface area contributed by atoms with Gasteiger partial charge in [-0.15, -0.1) is 0 Å². The lowest BCUT2D eigenvalue weighted by Gasteiger charge is -2.24. The summed E-state index contributed by atoms with van der Waals surface area (Å²) >= 11 is 0. The number of aryl methyl sites for hydroxylation is 2. The fraction of sp³-hybridized carbons (Fsp3) is 0.368. The number of fused-ring (bicyclic) bond motifs is 1. The predicted molar refractivity (Wildman–Crippen MR) is 96.9 cm³/mol. The van der Waals surface area contributed by atoms with Gasteiger partial charge in [-0.05, 0) is 60.1 Å². The summed E-state index contributed by atoms with van der Waals surface area (Å²) in [5, 5.41) is 0. The number of methoxy groups -OCH3 is 2. The van der Waals surface area contributed by atoms with Crippen LogP contribution in [-0.4, -0.2) is 20.9 Å². The van der Waals surface area contributed by atoms with E-state index in [2.05, 4.69) is 24.3 Å². The Hall–Kier alpha value is -2.10. The van der Waals surface area contributed by atoms with Crippen LogP contribution in [0.25, 0.3) is 0 Å². The van der Waals surface area contributed by atoms with Gasteiger partial charge in [0.1, 0.15) is 6.71 Å².